The van der Waals surface area contributed by atoms with Gasteiger partial charge >= 0.3 is 12.1 Å². The first-order chi connectivity index (χ1) is 9.21. The molecule has 0 unspecified atom stereocenters. The predicted octanol–water partition coefficient (Wildman–Crippen LogP) is 1.65. The lowest BCUT2D eigenvalue weighted by atomic mass is 10.1. The summed E-state index contributed by atoms with van der Waals surface area (Å²) in [5, 5.41) is 8.78. The van der Waals surface area contributed by atoms with Crippen molar-refractivity contribution in [2.24, 2.45) is 5.92 Å². The summed E-state index contributed by atoms with van der Waals surface area (Å²) < 4.78 is 5.37. The topological polar surface area (TPSA) is 70.1 Å². The fourth-order valence-electron chi connectivity index (χ4n) is 2.37. The summed E-state index contributed by atoms with van der Waals surface area (Å²) in [6.45, 7) is 10.3. The summed E-state index contributed by atoms with van der Waals surface area (Å²) >= 11 is 0. The van der Waals surface area contributed by atoms with Crippen LogP contribution in [0.15, 0.2) is 0 Å². The summed E-state index contributed by atoms with van der Waals surface area (Å²) in [7, 11) is 0. The van der Waals surface area contributed by atoms with E-state index in [1.165, 1.54) is 0 Å². The van der Waals surface area contributed by atoms with E-state index in [0.717, 1.165) is 19.5 Å². The molecule has 0 radical (unpaired) electrons. The molecule has 0 saturated carbocycles. The van der Waals surface area contributed by atoms with Crippen molar-refractivity contribution in [3.63, 3.8) is 0 Å². The van der Waals surface area contributed by atoms with E-state index < -0.39 is 11.6 Å². The van der Waals surface area contributed by atoms with Crippen molar-refractivity contribution >= 4 is 12.1 Å². The van der Waals surface area contributed by atoms with Crippen LogP contribution >= 0.6 is 0 Å². The van der Waals surface area contributed by atoms with Gasteiger partial charge in [-0.3, -0.25) is 9.69 Å². The second-order valence-electron chi connectivity index (χ2n) is 6.30. The molecule has 1 aliphatic rings. The standard InChI is InChI=1S/C14H26N2O4/c1-5-16(13(19)20-14(2,3)4)9-11-6-7-15(8-11)10-12(17)18/h11H,5-10H2,1-4H3,(H,17,18)/t11-/m1/s1. The van der Waals surface area contributed by atoms with E-state index in [2.05, 4.69) is 0 Å². The molecule has 1 N–H and O–H groups in total. The number of carboxylic acids is 1. The van der Waals surface area contributed by atoms with Gasteiger partial charge < -0.3 is 14.7 Å². The van der Waals surface area contributed by atoms with Gasteiger partial charge in [-0.1, -0.05) is 0 Å². The zero-order valence-electron chi connectivity index (χ0n) is 12.9. The van der Waals surface area contributed by atoms with E-state index >= 15 is 0 Å². The van der Waals surface area contributed by atoms with E-state index in [9.17, 15) is 9.59 Å². The molecule has 6 nitrogen and oxygen atoms in total. The van der Waals surface area contributed by atoms with Crippen LogP contribution in [0.2, 0.25) is 0 Å². The molecule has 1 fully saturated rings. The van der Waals surface area contributed by atoms with Crippen LogP contribution < -0.4 is 0 Å². The number of carbonyl (C=O) groups excluding carboxylic acids is 1. The number of rotatable bonds is 5. The Balaban J connectivity index is 2.45. The average Bonchev–Trinajstić information content (AvgIpc) is 2.69. The van der Waals surface area contributed by atoms with Crippen molar-refractivity contribution in [1.82, 2.24) is 9.80 Å². The highest BCUT2D eigenvalue weighted by Gasteiger charge is 2.28. The van der Waals surface area contributed by atoms with Crippen LogP contribution in [0.1, 0.15) is 34.1 Å². The van der Waals surface area contributed by atoms with E-state index in [-0.39, 0.29) is 12.6 Å². The smallest absolute Gasteiger partial charge is 0.410 e. The zero-order chi connectivity index (χ0) is 15.3. The minimum atomic E-state index is -0.801. The molecule has 1 heterocycles. The Labute approximate surface area is 120 Å². The molecule has 1 amide bonds. The first kappa shape index (κ1) is 16.8. The Morgan fingerprint density at radius 1 is 1.40 bits per heavy atom. The van der Waals surface area contributed by atoms with E-state index in [1.54, 1.807) is 4.90 Å². The Hall–Kier alpha value is -1.30. The monoisotopic (exact) mass is 286 g/mol. The minimum Gasteiger partial charge on any atom is -0.480 e. The maximum absolute atomic E-state index is 12.0. The highest BCUT2D eigenvalue weighted by atomic mass is 16.6. The Morgan fingerprint density at radius 2 is 2.05 bits per heavy atom. The SMILES string of the molecule is CCN(C[C@@H]1CCN(CC(=O)O)C1)C(=O)OC(C)(C)C. The van der Waals surface area contributed by atoms with Gasteiger partial charge in [0, 0.05) is 19.6 Å². The van der Waals surface area contributed by atoms with Crippen molar-refractivity contribution in [3.8, 4) is 0 Å². The van der Waals surface area contributed by atoms with E-state index in [4.69, 9.17) is 9.84 Å². The first-order valence-corrected chi connectivity index (χ1v) is 7.13. The molecule has 0 aromatic heterocycles. The number of hydrogen-bond acceptors (Lipinski definition) is 4. The number of hydrogen-bond donors (Lipinski definition) is 1. The summed E-state index contributed by atoms with van der Waals surface area (Å²) in [6, 6.07) is 0. The van der Waals surface area contributed by atoms with Gasteiger partial charge in [0.15, 0.2) is 0 Å². The van der Waals surface area contributed by atoms with Crippen molar-refractivity contribution < 1.29 is 19.4 Å². The van der Waals surface area contributed by atoms with Gasteiger partial charge in [0.25, 0.3) is 0 Å². The van der Waals surface area contributed by atoms with Crippen molar-refractivity contribution in [3.05, 3.63) is 0 Å². The molecule has 6 heteroatoms. The number of aliphatic carboxylic acids is 1. The lowest BCUT2D eigenvalue weighted by Crippen LogP contribution is -2.40. The molecule has 0 aromatic carbocycles. The summed E-state index contributed by atoms with van der Waals surface area (Å²) in [6.07, 6.45) is 0.628. The van der Waals surface area contributed by atoms with Gasteiger partial charge in [0.2, 0.25) is 0 Å². The molecule has 0 aromatic rings. The number of carboxylic acid groups (broad SMARTS) is 1. The second kappa shape index (κ2) is 6.92. The van der Waals surface area contributed by atoms with Gasteiger partial charge in [-0.05, 0) is 46.6 Å². The summed E-state index contributed by atoms with van der Waals surface area (Å²) in [4.78, 5) is 26.3. The molecule has 0 aliphatic carbocycles. The Kier molecular flexibility index (Phi) is 5.80. The maximum Gasteiger partial charge on any atom is 0.410 e. The zero-order valence-corrected chi connectivity index (χ0v) is 12.9. The summed E-state index contributed by atoms with van der Waals surface area (Å²) in [5.74, 6) is -0.480. The molecular formula is C14H26N2O4. The minimum absolute atomic E-state index is 0.0784. The van der Waals surface area contributed by atoms with Crippen LogP contribution in [0.5, 0.6) is 0 Å². The van der Waals surface area contributed by atoms with Crippen molar-refractivity contribution in [2.45, 2.75) is 39.7 Å². The third-order valence-electron chi connectivity index (χ3n) is 3.24. The number of likely N-dealkylation sites (tertiary alicyclic amines) is 1. The van der Waals surface area contributed by atoms with Gasteiger partial charge in [-0.2, -0.15) is 0 Å². The van der Waals surface area contributed by atoms with Crippen LogP contribution in [0.25, 0.3) is 0 Å². The molecule has 1 atom stereocenters. The largest absolute Gasteiger partial charge is 0.480 e. The number of carbonyl (C=O) groups is 2. The van der Waals surface area contributed by atoms with Crippen LogP contribution in [0, 0.1) is 5.92 Å². The number of nitrogens with zero attached hydrogens (tertiary/aromatic N) is 2. The lowest BCUT2D eigenvalue weighted by Gasteiger charge is -2.28. The van der Waals surface area contributed by atoms with Crippen molar-refractivity contribution in [1.29, 1.82) is 0 Å². The van der Waals surface area contributed by atoms with Crippen LogP contribution in [-0.4, -0.2) is 65.3 Å². The fourth-order valence-corrected chi connectivity index (χ4v) is 2.37. The van der Waals surface area contributed by atoms with Gasteiger partial charge in [-0.15, -0.1) is 0 Å². The quantitative estimate of drug-likeness (QED) is 0.832. The van der Waals surface area contributed by atoms with Gasteiger partial charge in [0.05, 0.1) is 6.54 Å². The third kappa shape index (κ3) is 5.77. The molecular weight excluding hydrogens is 260 g/mol. The number of amides is 1. The highest BCUT2D eigenvalue weighted by Crippen LogP contribution is 2.18. The molecule has 1 rings (SSSR count). The van der Waals surface area contributed by atoms with Crippen LogP contribution in [-0.2, 0) is 9.53 Å². The third-order valence-corrected chi connectivity index (χ3v) is 3.24. The van der Waals surface area contributed by atoms with Crippen molar-refractivity contribution in [2.75, 3.05) is 32.7 Å². The fraction of sp³-hybridized carbons (Fsp3) is 0.857. The second-order valence-corrected chi connectivity index (χ2v) is 6.30. The first-order valence-electron chi connectivity index (χ1n) is 7.13. The molecule has 0 bridgehead atoms. The van der Waals surface area contributed by atoms with E-state index in [1.807, 2.05) is 32.6 Å². The van der Waals surface area contributed by atoms with Crippen LogP contribution in [0.3, 0.4) is 0 Å². The Morgan fingerprint density at radius 3 is 2.55 bits per heavy atom. The predicted molar refractivity (Wildman–Crippen MR) is 75.7 cm³/mol. The highest BCUT2D eigenvalue weighted by molar-refractivity contribution is 5.69. The van der Waals surface area contributed by atoms with Gasteiger partial charge in [0.1, 0.15) is 5.60 Å². The maximum atomic E-state index is 12.0. The molecule has 116 valence electrons. The molecule has 1 aliphatic heterocycles. The van der Waals surface area contributed by atoms with Gasteiger partial charge in [-0.25, -0.2) is 4.79 Å². The lowest BCUT2D eigenvalue weighted by molar-refractivity contribution is -0.138. The number of ether oxygens (including phenoxy) is 1. The normalized spacial score (nSPS) is 19.9. The van der Waals surface area contributed by atoms with E-state index in [0.29, 0.717) is 19.0 Å². The average molecular weight is 286 g/mol. The molecule has 1 saturated heterocycles. The molecule has 0 spiro atoms. The Bertz CT molecular complexity index is 352. The summed E-state index contributed by atoms with van der Waals surface area (Å²) in [5.41, 5.74) is -0.491. The van der Waals surface area contributed by atoms with Crippen LogP contribution in [0.4, 0.5) is 4.79 Å². The molecule has 20 heavy (non-hydrogen) atoms.